The van der Waals surface area contributed by atoms with Gasteiger partial charge in [0.15, 0.2) is 0 Å². The van der Waals surface area contributed by atoms with Crippen LogP contribution in [0.3, 0.4) is 0 Å². The summed E-state index contributed by atoms with van der Waals surface area (Å²) in [6.45, 7) is 3.15. The summed E-state index contributed by atoms with van der Waals surface area (Å²) in [6, 6.07) is 4.91. The minimum atomic E-state index is -0.994. The fourth-order valence-corrected chi connectivity index (χ4v) is 1.84. The standard InChI is InChI=1S/C13H17ClO4/c1-13(2,12(16)17)7-10(15)8-4-5-11(18-3)9(14)6-8/h4-6,10,15H,7H2,1-3H3,(H,16,17). The zero-order valence-corrected chi connectivity index (χ0v) is 11.4. The van der Waals surface area contributed by atoms with Gasteiger partial charge in [-0.25, -0.2) is 0 Å². The van der Waals surface area contributed by atoms with Crippen molar-refractivity contribution in [3.63, 3.8) is 0 Å². The van der Waals surface area contributed by atoms with E-state index in [0.717, 1.165) is 0 Å². The van der Waals surface area contributed by atoms with Crippen molar-refractivity contribution in [2.24, 2.45) is 5.41 Å². The Morgan fingerprint density at radius 3 is 2.56 bits per heavy atom. The predicted molar refractivity (Wildman–Crippen MR) is 69.0 cm³/mol. The first-order chi connectivity index (χ1) is 8.27. The Kier molecular flexibility index (Phi) is 4.59. The first kappa shape index (κ1) is 14.8. The van der Waals surface area contributed by atoms with Crippen LogP contribution < -0.4 is 4.74 Å². The Morgan fingerprint density at radius 1 is 1.50 bits per heavy atom. The molecule has 0 aliphatic carbocycles. The highest BCUT2D eigenvalue weighted by atomic mass is 35.5. The lowest BCUT2D eigenvalue weighted by molar-refractivity contribution is -0.148. The summed E-state index contributed by atoms with van der Waals surface area (Å²) in [5.41, 5.74) is -0.415. The Bertz CT molecular complexity index is 443. The number of rotatable bonds is 5. The number of hydrogen-bond acceptors (Lipinski definition) is 3. The second kappa shape index (κ2) is 5.59. The van der Waals surface area contributed by atoms with E-state index in [-0.39, 0.29) is 6.42 Å². The highest BCUT2D eigenvalue weighted by Crippen LogP contribution is 2.33. The number of aliphatic hydroxyl groups is 1. The molecule has 1 rings (SSSR count). The van der Waals surface area contributed by atoms with E-state index in [1.54, 1.807) is 32.0 Å². The van der Waals surface area contributed by atoms with Gasteiger partial charge in [0.1, 0.15) is 5.75 Å². The van der Waals surface area contributed by atoms with E-state index in [0.29, 0.717) is 16.3 Å². The first-order valence-electron chi connectivity index (χ1n) is 5.53. The van der Waals surface area contributed by atoms with Crippen LogP contribution in [0.4, 0.5) is 0 Å². The molecule has 1 aromatic rings. The van der Waals surface area contributed by atoms with Gasteiger partial charge < -0.3 is 14.9 Å². The van der Waals surface area contributed by atoms with Crippen LogP contribution in [0, 0.1) is 5.41 Å². The minimum Gasteiger partial charge on any atom is -0.495 e. The van der Waals surface area contributed by atoms with Gasteiger partial charge in [0.2, 0.25) is 0 Å². The highest BCUT2D eigenvalue weighted by Gasteiger charge is 2.30. The maximum atomic E-state index is 11.0. The molecular formula is C13H17ClO4. The number of carbonyl (C=O) groups is 1. The Labute approximate surface area is 111 Å². The number of carboxylic acids is 1. The Hall–Kier alpha value is -1.26. The molecule has 0 aliphatic heterocycles. The molecule has 1 aromatic carbocycles. The molecule has 0 spiro atoms. The molecule has 0 aliphatic rings. The molecule has 0 fully saturated rings. The van der Waals surface area contributed by atoms with Crippen LogP contribution in [-0.4, -0.2) is 23.3 Å². The summed E-state index contributed by atoms with van der Waals surface area (Å²) >= 11 is 5.95. The molecule has 0 saturated heterocycles. The number of carboxylic acid groups (broad SMARTS) is 1. The highest BCUT2D eigenvalue weighted by molar-refractivity contribution is 6.32. The fourth-order valence-electron chi connectivity index (χ4n) is 1.58. The van der Waals surface area contributed by atoms with Crippen molar-refractivity contribution in [3.05, 3.63) is 28.8 Å². The second-order valence-electron chi connectivity index (χ2n) is 4.80. The summed E-state index contributed by atoms with van der Waals surface area (Å²) in [7, 11) is 1.50. The molecular weight excluding hydrogens is 256 g/mol. The third-order valence-corrected chi connectivity index (χ3v) is 3.14. The Morgan fingerprint density at radius 2 is 2.11 bits per heavy atom. The number of aliphatic hydroxyl groups excluding tert-OH is 1. The fraction of sp³-hybridized carbons (Fsp3) is 0.462. The van der Waals surface area contributed by atoms with E-state index in [4.69, 9.17) is 21.4 Å². The van der Waals surface area contributed by atoms with E-state index in [1.165, 1.54) is 7.11 Å². The normalized spacial score (nSPS) is 13.2. The van der Waals surface area contributed by atoms with E-state index in [2.05, 4.69) is 0 Å². The lowest BCUT2D eigenvalue weighted by Gasteiger charge is -2.23. The molecule has 5 heteroatoms. The molecule has 100 valence electrons. The van der Waals surface area contributed by atoms with Gasteiger partial charge in [-0.05, 0) is 38.0 Å². The topological polar surface area (TPSA) is 66.8 Å². The van der Waals surface area contributed by atoms with Crippen LogP contribution in [0.15, 0.2) is 18.2 Å². The van der Waals surface area contributed by atoms with Crippen LogP contribution in [-0.2, 0) is 4.79 Å². The molecule has 4 nitrogen and oxygen atoms in total. The van der Waals surface area contributed by atoms with E-state index < -0.39 is 17.5 Å². The molecule has 18 heavy (non-hydrogen) atoms. The maximum absolute atomic E-state index is 11.0. The molecule has 2 N–H and O–H groups in total. The first-order valence-corrected chi connectivity index (χ1v) is 5.90. The number of aliphatic carboxylic acids is 1. The maximum Gasteiger partial charge on any atom is 0.309 e. The average Bonchev–Trinajstić information content (AvgIpc) is 2.28. The summed E-state index contributed by atoms with van der Waals surface area (Å²) in [4.78, 5) is 11.0. The van der Waals surface area contributed by atoms with Gasteiger partial charge in [-0.3, -0.25) is 4.79 Å². The smallest absolute Gasteiger partial charge is 0.309 e. The lowest BCUT2D eigenvalue weighted by Crippen LogP contribution is -2.26. The molecule has 1 unspecified atom stereocenters. The summed E-state index contributed by atoms with van der Waals surface area (Å²) in [5.74, 6) is -0.425. The molecule has 0 aromatic heterocycles. The quantitative estimate of drug-likeness (QED) is 0.865. The number of benzene rings is 1. The number of methoxy groups -OCH3 is 1. The van der Waals surface area contributed by atoms with Gasteiger partial charge in [0.25, 0.3) is 0 Å². The number of hydrogen-bond donors (Lipinski definition) is 2. The van der Waals surface area contributed by atoms with Crippen molar-refractivity contribution in [3.8, 4) is 5.75 Å². The van der Waals surface area contributed by atoms with Gasteiger partial charge >= 0.3 is 5.97 Å². The van der Waals surface area contributed by atoms with Gasteiger partial charge in [-0.2, -0.15) is 0 Å². The monoisotopic (exact) mass is 272 g/mol. The van der Waals surface area contributed by atoms with Crippen LogP contribution in [0.25, 0.3) is 0 Å². The van der Waals surface area contributed by atoms with Gasteiger partial charge in [0.05, 0.1) is 23.7 Å². The largest absolute Gasteiger partial charge is 0.495 e. The van der Waals surface area contributed by atoms with Gasteiger partial charge in [-0.15, -0.1) is 0 Å². The van der Waals surface area contributed by atoms with Crippen LogP contribution in [0.5, 0.6) is 5.75 Å². The van der Waals surface area contributed by atoms with Crippen LogP contribution in [0.2, 0.25) is 5.02 Å². The third kappa shape index (κ3) is 3.37. The van der Waals surface area contributed by atoms with E-state index >= 15 is 0 Å². The van der Waals surface area contributed by atoms with Gasteiger partial charge in [-0.1, -0.05) is 17.7 Å². The van der Waals surface area contributed by atoms with Crippen molar-refractivity contribution in [1.82, 2.24) is 0 Å². The van der Waals surface area contributed by atoms with Crippen LogP contribution in [0.1, 0.15) is 31.9 Å². The van der Waals surface area contributed by atoms with E-state index in [9.17, 15) is 9.90 Å². The van der Waals surface area contributed by atoms with E-state index in [1.807, 2.05) is 0 Å². The molecule has 0 radical (unpaired) electrons. The van der Waals surface area contributed by atoms with Crippen molar-refractivity contribution in [2.75, 3.05) is 7.11 Å². The predicted octanol–water partition coefficient (Wildman–Crippen LogP) is 2.88. The van der Waals surface area contributed by atoms with Crippen molar-refractivity contribution >= 4 is 17.6 Å². The molecule has 0 amide bonds. The molecule has 0 saturated carbocycles. The Balaban J connectivity index is 2.88. The third-order valence-electron chi connectivity index (χ3n) is 2.84. The summed E-state index contributed by atoms with van der Waals surface area (Å²) in [5, 5.41) is 19.4. The molecule has 0 heterocycles. The number of halogens is 1. The average molecular weight is 273 g/mol. The lowest BCUT2D eigenvalue weighted by atomic mass is 9.85. The molecule has 0 bridgehead atoms. The SMILES string of the molecule is COc1ccc(C(O)CC(C)(C)C(=O)O)cc1Cl. The zero-order chi connectivity index (χ0) is 13.9. The van der Waals surface area contributed by atoms with Gasteiger partial charge in [0, 0.05) is 0 Å². The van der Waals surface area contributed by atoms with Crippen LogP contribution >= 0.6 is 11.6 Å². The number of ether oxygens (including phenoxy) is 1. The summed E-state index contributed by atoms with van der Waals surface area (Å²) < 4.78 is 5.01. The van der Waals surface area contributed by atoms with Crippen molar-refractivity contribution < 1.29 is 19.7 Å². The minimum absolute atomic E-state index is 0.116. The van der Waals surface area contributed by atoms with Crippen molar-refractivity contribution in [1.29, 1.82) is 0 Å². The molecule has 1 atom stereocenters. The summed E-state index contributed by atoms with van der Waals surface area (Å²) in [6.07, 6.45) is -0.759. The second-order valence-corrected chi connectivity index (χ2v) is 5.21. The zero-order valence-electron chi connectivity index (χ0n) is 10.6. The van der Waals surface area contributed by atoms with Crippen molar-refractivity contribution in [2.45, 2.75) is 26.4 Å².